The van der Waals surface area contributed by atoms with E-state index in [1.807, 2.05) is 82.3 Å². The summed E-state index contributed by atoms with van der Waals surface area (Å²) in [5.41, 5.74) is 3.71. The Morgan fingerprint density at radius 2 is 1.68 bits per heavy atom. The third-order valence-electron chi connectivity index (χ3n) is 4.99. The van der Waals surface area contributed by atoms with Crippen LogP contribution in [0.1, 0.15) is 23.9 Å². The number of carbonyl (C=O) groups is 1. The van der Waals surface area contributed by atoms with Crippen LogP contribution in [-0.4, -0.2) is 30.7 Å². The van der Waals surface area contributed by atoms with Crippen molar-refractivity contribution in [2.45, 2.75) is 38.1 Å². The molecule has 1 N–H and O–H groups in total. The number of hydrogen-bond donors (Lipinski definition) is 1. The molecule has 0 saturated heterocycles. The number of benzene rings is 2. The van der Waals surface area contributed by atoms with Crippen molar-refractivity contribution in [1.29, 1.82) is 0 Å². The Bertz CT molecular complexity index is 1220. The predicted octanol–water partition coefficient (Wildman–Crippen LogP) is 4.96. The van der Waals surface area contributed by atoms with E-state index in [0.717, 1.165) is 22.7 Å². The molecule has 0 aliphatic rings. The largest absolute Gasteiger partial charge is 0.457 e. The third-order valence-corrected chi connectivity index (χ3v) is 5.95. The average molecular weight is 434 g/mol. The molecule has 4 aromatic rings. The lowest BCUT2D eigenvalue weighted by molar-refractivity contribution is -0.115. The molecule has 8 heteroatoms. The number of nitrogens with zero attached hydrogens (tertiary/aromatic N) is 4. The lowest BCUT2D eigenvalue weighted by Gasteiger charge is -2.11. The highest BCUT2D eigenvalue weighted by Gasteiger charge is 2.19. The number of hydrogen-bond acceptors (Lipinski definition) is 6. The van der Waals surface area contributed by atoms with Crippen LogP contribution >= 0.6 is 11.8 Å². The monoisotopic (exact) mass is 433 g/mol. The Labute approximate surface area is 184 Å². The molecule has 0 aliphatic heterocycles. The van der Waals surface area contributed by atoms with E-state index in [1.54, 1.807) is 4.52 Å². The van der Waals surface area contributed by atoms with Gasteiger partial charge < -0.3 is 10.1 Å². The Morgan fingerprint density at radius 1 is 1.00 bits per heavy atom. The first-order valence-corrected chi connectivity index (χ1v) is 10.8. The molecule has 1 amide bonds. The molecule has 4 rings (SSSR count). The van der Waals surface area contributed by atoms with Crippen LogP contribution < -0.4 is 10.1 Å². The molecule has 2 aromatic carbocycles. The molecule has 2 aromatic heterocycles. The zero-order valence-electron chi connectivity index (χ0n) is 17.8. The van der Waals surface area contributed by atoms with Gasteiger partial charge in [0.15, 0.2) is 0 Å². The maximum absolute atomic E-state index is 12.6. The van der Waals surface area contributed by atoms with Gasteiger partial charge in [0, 0.05) is 17.1 Å². The van der Waals surface area contributed by atoms with Crippen LogP contribution in [0.3, 0.4) is 0 Å². The van der Waals surface area contributed by atoms with Gasteiger partial charge in [0.05, 0.1) is 5.25 Å². The SMILES string of the molecule is Cc1nc2nc(SC(C)C(=O)Nc3ccc(Oc4ccccc4)cc3)nn2c(C)c1C. The van der Waals surface area contributed by atoms with Crippen LogP contribution in [0.2, 0.25) is 0 Å². The molecule has 2 heterocycles. The minimum atomic E-state index is -0.375. The van der Waals surface area contributed by atoms with E-state index in [9.17, 15) is 4.79 Å². The second-order valence-corrected chi connectivity index (χ2v) is 8.51. The number of thioether (sulfide) groups is 1. The molecule has 0 saturated carbocycles. The van der Waals surface area contributed by atoms with Gasteiger partial charge >= 0.3 is 0 Å². The molecular formula is C23H23N5O2S. The van der Waals surface area contributed by atoms with Crippen molar-refractivity contribution in [2.75, 3.05) is 5.32 Å². The Morgan fingerprint density at radius 3 is 2.39 bits per heavy atom. The fraction of sp³-hybridized carbons (Fsp3) is 0.217. The zero-order chi connectivity index (χ0) is 22.0. The minimum absolute atomic E-state index is 0.127. The van der Waals surface area contributed by atoms with Crippen LogP contribution in [0.15, 0.2) is 59.8 Å². The van der Waals surface area contributed by atoms with E-state index >= 15 is 0 Å². The standard InChI is InChI=1S/C23H23N5O2S/c1-14-15(2)24-22-26-23(27-28(22)16(14)3)31-17(4)21(29)25-18-10-12-20(13-11-18)30-19-8-6-5-7-9-19/h5-13,17H,1-4H3,(H,25,29). The molecule has 7 nitrogen and oxygen atoms in total. The first kappa shape index (κ1) is 20.9. The fourth-order valence-electron chi connectivity index (χ4n) is 2.97. The van der Waals surface area contributed by atoms with Crippen molar-refractivity contribution in [2.24, 2.45) is 0 Å². The first-order valence-electron chi connectivity index (χ1n) is 9.92. The van der Waals surface area contributed by atoms with Crippen molar-refractivity contribution >= 4 is 29.1 Å². The number of ether oxygens (including phenoxy) is 1. The van der Waals surface area contributed by atoms with Crippen LogP contribution in [-0.2, 0) is 4.79 Å². The molecule has 0 fully saturated rings. The molecule has 1 unspecified atom stereocenters. The highest BCUT2D eigenvalue weighted by molar-refractivity contribution is 8.00. The van der Waals surface area contributed by atoms with Gasteiger partial charge in [-0.2, -0.15) is 4.98 Å². The number of rotatable bonds is 6. The van der Waals surface area contributed by atoms with E-state index < -0.39 is 0 Å². The normalized spacial score (nSPS) is 12.0. The summed E-state index contributed by atoms with van der Waals surface area (Å²) in [6.45, 7) is 7.78. The number of anilines is 1. The number of carbonyl (C=O) groups excluding carboxylic acids is 1. The molecule has 0 aliphatic carbocycles. The number of aryl methyl sites for hydroxylation is 2. The molecule has 0 radical (unpaired) electrons. The lowest BCUT2D eigenvalue weighted by Crippen LogP contribution is -2.22. The van der Waals surface area contributed by atoms with Gasteiger partial charge in [-0.25, -0.2) is 9.50 Å². The van der Waals surface area contributed by atoms with Crippen molar-refractivity contribution in [3.8, 4) is 11.5 Å². The molecule has 1 atom stereocenters. The average Bonchev–Trinajstić information content (AvgIpc) is 3.16. The maximum atomic E-state index is 12.6. The fourth-order valence-corrected chi connectivity index (χ4v) is 3.72. The van der Waals surface area contributed by atoms with Gasteiger partial charge in [-0.1, -0.05) is 30.0 Å². The van der Waals surface area contributed by atoms with Crippen molar-refractivity contribution in [3.05, 3.63) is 71.5 Å². The van der Waals surface area contributed by atoms with Crippen LogP contribution in [0, 0.1) is 20.8 Å². The quantitative estimate of drug-likeness (QED) is 0.433. The number of fused-ring (bicyclic) bond motifs is 1. The third kappa shape index (κ3) is 4.69. The summed E-state index contributed by atoms with van der Waals surface area (Å²) in [7, 11) is 0. The summed E-state index contributed by atoms with van der Waals surface area (Å²) >= 11 is 1.30. The molecular weight excluding hydrogens is 410 g/mol. The first-order chi connectivity index (χ1) is 14.9. The topological polar surface area (TPSA) is 81.4 Å². The van der Waals surface area contributed by atoms with Gasteiger partial charge in [-0.05, 0) is 69.7 Å². The Hall–Kier alpha value is -3.39. The zero-order valence-corrected chi connectivity index (χ0v) is 18.6. The summed E-state index contributed by atoms with van der Waals surface area (Å²) in [5, 5.41) is 7.58. The lowest BCUT2D eigenvalue weighted by atomic mass is 10.2. The van der Waals surface area contributed by atoms with Crippen molar-refractivity contribution < 1.29 is 9.53 Å². The number of nitrogens with one attached hydrogen (secondary N) is 1. The van der Waals surface area contributed by atoms with Gasteiger partial charge in [-0.15, -0.1) is 5.10 Å². The minimum Gasteiger partial charge on any atom is -0.457 e. The Kier molecular flexibility index (Phi) is 5.90. The van der Waals surface area contributed by atoms with E-state index in [1.165, 1.54) is 11.8 Å². The Balaban J connectivity index is 1.39. The molecule has 31 heavy (non-hydrogen) atoms. The van der Waals surface area contributed by atoms with Gasteiger partial charge in [0.2, 0.25) is 11.1 Å². The van der Waals surface area contributed by atoms with E-state index in [4.69, 9.17) is 4.74 Å². The van der Waals surface area contributed by atoms with E-state index in [2.05, 4.69) is 20.4 Å². The van der Waals surface area contributed by atoms with Gasteiger partial charge in [0.25, 0.3) is 5.78 Å². The van der Waals surface area contributed by atoms with Crippen LogP contribution in [0.25, 0.3) is 5.78 Å². The molecule has 0 bridgehead atoms. The number of para-hydroxylation sites is 1. The maximum Gasteiger partial charge on any atom is 0.253 e. The predicted molar refractivity (Wildman–Crippen MR) is 122 cm³/mol. The van der Waals surface area contributed by atoms with E-state index in [-0.39, 0.29) is 11.2 Å². The number of amides is 1. The van der Waals surface area contributed by atoms with E-state index in [0.29, 0.717) is 22.4 Å². The van der Waals surface area contributed by atoms with Gasteiger partial charge in [0.1, 0.15) is 11.5 Å². The number of aromatic nitrogens is 4. The summed E-state index contributed by atoms with van der Waals surface area (Å²) in [6.07, 6.45) is 0. The summed E-state index contributed by atoms with van der Waals surface area (Å²) in [6, 6.07) is 16.8. The summed E-state index contributed by atoms with van der Waals surface area (Å²) in [5.74, 6) is 1.88. The highest BCUT2D eigenvalue weighted by atomic mass is 32.2. The highest BCUT2D eigenvalue weighted by Crippen LogP contribution is 2.25. The molecule has 0 spiro atoms. The second-order valence-electron chi connectivity index (χ2n) is 7.20. The van der Waals surface area contributed by atoms with Crippen molar-refractivity contribution in [1.82, 2.24) is 19.6 Å². The van der Waals surface area contributed by atoms with Crippen LogP contribution in [0.4, 0.5) is 5.69 Å². The summed E-state index contributed by atoms with van der Waals surface area (Å²) in [4.78, 5) is 21.6. The molecule has 158 valence electrons. The van der Waals surface area contributed by atoms with Gasteiger partial charge in [-0.3, -0.25) is 4.79 Å². The smallest absolute Gasteiger partial charge is 0.253 e. The van der Waals surface area contributed by atoms with Crippen molar-refractivity contribution in [3.63, 3.8) is 0 Å². The van der Waals surface area contributed by atoms with Crippen LogP contribution in [0.5, 0.6) is 11.5 Å². The summed E-state index contributed by atoms with van der Waals surface area (Å²) < 4.78 is 7.50. The second kappa shape index (κ2) is 8.77.